The molecule has 0 radical (unpaired) electrons. The van der Waals surface area contributed by atoms with Crippen molar-refractivity contribution in [2.45, 2.75) is 37.0 Å². The number of anilines is 3. The summed E-state index contributed by atoms with van der Waals surface area (Å²) in [6.07, 6.45) is 10.1. The molecule has 2 N–H and O–H groups in total. The average Bonchev–Trinajstić information content (AvgIpc) is 2.91. The van der Waals surface area contributed by atoms with Gasteiger partial charge < -0.3 is 15.4 Å². The molecule has 2 aliphatic rings. The number of fused-ring (bicyclic) bond motifs is 2. The number of benzene rings is 2. The van der Waals surface area contributed by atoms with Crippen LogP contribution in [0, 0.1) is 5.82 Å². The minimum atomic E-state index is -0.500. The standard InChI is InChI=1S/C27H29ClFN5O2S/c1-36-24-15-21-18(27(31-16-30-21)32-17-8-9-20(29)19(28)13-17)14-22(24)33-26(35)7-4-10-34-11-12-37-25-6-3-2-5-23(25)34/h4,7-9,13-16,23,25H,2-3,5-6,10-12H2,1H3,(H,33,35)(H,30,31,32)/b7-4+. The number of amides is 1. The van der Waals surface area contributed by atoms with E-state index in [0.29, 0.717) is 39.9 Å². The zero-order chi connectivity index (χ0) is 25.8. The molecule has 0 spiro atoms. The van der Waals surface area contributed by atoms with E-state index in [1.165, 1.54) is 44.1 Å². The Morgan fingerprint density at radius 3 is 2.97 bits per heavy atom. The van der Waals surface area contributed by atoms with Crippen molar-refractivity contribution in [1.82, 2.24) is 14.9 Å². The van der Waals surface area contributed by atoms with Gasteiger partial charge in [-0.3, -0.25) is 9.69 Å². The van der Waals surface area contributed by atoms with Crippen LogP contribution in [0.25, 0.3) is 10.9 Å². The van der Waals surface area contributed by atoms with Gasteiger partial charge in [-0.15, -0.1) is 0 Å². The van der Waals surface area contributed by atoms with Gasteiger partial charge >= 0.3 is 0 Å². The normalized spacial score (nSPS) is 20.1. The molecule has 2 fully saturated rings. The second-order valence-corrected chi connectivity index (χ2v) is 10.9. The Morgan fingerprint density at radius 2 is 2.14 bits per heavy atom. The fourth-order valence-corrected chi connectivity index (χ4v) is 6.72. The minimum absolute atomic E-state index is 0.00656. The first-order chi connectivity index (χ1) is 18.0. The zero-order valence-corrected chi connectivity index (χ0v) is 22.1. The van der Waals surface area contributed by atoms with Gasteiger partial charge in [0.05, 0.1) is 23.3 Å². The van der Waals surface area contributed by atoms with Crippen LogP contribution < -0.4 is 15.4 Å². The first-order valence-corrected chi connectivity index (χ1v) is 13.8. The maximum Gasteiger partial charge on any atom is 0.248 e. The Kier molecular flexibility index (Phi) is 8.12. The zero-order valence-electron chi connectivity index (χ0n) is 20.5. The summed E-state index contributed by atoms with van der Waals surface area (Å²) in [5, 5.41) is 7.47. The van der Waals surface area contributed by atoms with Crippen molar-refractivity contribution in [2.24, 2.45) is 0 Å². The predicted octanol–water partition coefficient (Wildman–Crippen LogP) is 6.03. The highest BCUT2D eigenvalue weighted by molar-refractivity contribution is 8.00. The summed E-state index contributed by atoms with van der Waals surface area (Å²) in [5.74, 6) is 1.40. The lowest BCUT2D eigenvalue weighted by atomic mass is 9.93. The molecule has 10 heteroatoms. The highest BCUT2D eigenvalue weighted by Crippen LogP contribution is 2.36. The molecule has 1 aromatic heterocycles. The van der Waals surface area contributed by atoms with Gasteiger partial charge in [0.25, 0.3) is 0 Å². The molecule has 1 saturated carbocycles. The fourth-order valence-electron chi connectivity index (χ4n) is 5.03. The summed E-state index contributed by atoms with van der Waals surface area (Å²) in [5.41, 5.74) is 1.70. The number of hydrogen-bond acceptors (Lipinski definition) is 7. The van der Waals surface area contributed by atoms with E-state index in [1.807, 2.05) is 6.08 Å². The Morgan fingerprint density at radius 1 is 1.27 bits per heavy atom. The smallest absolute Gasteiger partial charge is 0.248 e. The lowest BCUT2D eigenvalue weighted by molar-refractivity contribution is -0.111. The molecule has 3 aromatic rings. The second kappa shape index (κ2) is 11.7. The van der Waals surface area contributed by atoms with Gasteiger partial charge in [-0.1, -0.05) is 30.5 Å². The van der Waals surface area contributed by atoms with E-state index in [2.05, 4.69) is 37.3 Å². The van der Waals surface area contributed by atoms with Crippen molar-refractivity contribution in [3.63, 3.8) is 0 Å². The van der Waals surface area contributed by atoms with E-state index in [1.54, 1.807) is 31.4 Å². The van der Waals surface area contributed by atoms with Crippen LogP contribution in [-0.4, -0.2) is 58.0 Å². The van der Waals surface area contributed by atoms with Crippen molar-refractivity contribution in [3.8, 4) is 5.75 Å². The number of carbonyl (C=O) groups excluding carboxylic acids is 1. The van der Waals surface area contributed by atoms with Crippen LogP contribution in [0.1, 0.15) is 25.7 Å². The van der Waals surface area contributed by atoms with Crippen LogP contribution in [0.2, 0.25) is 5.02 Å². The minimum Gasteiger partial charge on any atom is -0.494 e. The van der Waals surface area contributed by atoms with Crippen LogP contribution in [0.4, 0.5) is 21.6 Å². The Hall–Kier alpha value is -2.88. The third-order valence-corrected chi connectivity index (χ3v) is 8.54. The first kappa shape index (κ1) is 25.8. The molecule has 1 aliphatic carbocycles. The number of rotatable bonds is 7. The summed E-state index contributed by atoms with van der Waals surface area (Å²) < 4.78 is 19.1. The largest absolute Gasteiger partial charge is 0.494 e. The van der Waals surface area contributed by atoms with Gasteiger partial charge in [-0.2, -0.15) is 11.8 Å². The number of carbonyl (C=O) groups is 1. The number of nitrogens with one attached hydrogen (secondary N) is 2. The average molecular weight is 542 g/mol. The van der Waals surface area contributed by atoms with Crippen molar-refractivity contribution in [2.75, 3.05) is 36.6 Å². The quantitative estimate of drug-likeness (QED) is 0.353. The molecule has 1 aliphatic heterocycles. The molecule has 5 rings (SSSR count). The molecule has 2 unspecified atom stereocenters. The molecule has 37 heavy (non-hydrogen) atoms. The third kappa shape index (κ3) is 6.00. The van der Waals surface area contributed by atoms with Gasteiger partial charge in [0.2, 0.25) is 5.91 Å². The molecule has 7 nitrogen and oxygen atoms in total. The maximum absolute atomic E-state index is 13.6. The highest BCUT2D eigenvalue weighted by Gasteiger charge is 2.32. The molecule has 1 saturated heterocycles. The number of aromatic nitrogens is 2. The Labute approximate surface area is 224 Å². The molecular weight excluding hydrogens is 513 g/mol. The fraction of sp³-hybridized carbons (Fsp3) is 0.370. The van der Waals surface area contributed by atoms with E-state index < -0.39 is 5.82 Å². The number of halogens is 2. The molecule has 2 heterocycles. The van der Waals surface area contributed by atoms with E-state index in [0.717, 1.165) is 24.1 Å². The van der Waals surface area contributed by atoms with Gasteiger partial charge in [0.15, 0.2) is 0 Å². The Balaban J connectivity index is 1.31. The summed E-state index contributed by atoms with van der Waals surface area (Å²) >= 11 is 8.03. The summed E-state index contributed by atoms with van der Waals surface area (Å²) in [6.45, 7) is 1.83. The number of methoxy groups -OCH3 is 1. The highest BCUT2D eigenvalue weighted by atomic mass is 35.5. The van der Waals surface area contributed by atoms with Gasteiger partial charge in [0.1, 0.15) is 23.7 Å². The van der Waals surface area contributed by atoms with Gasteiger partial charge in [-0.25, -0.2) is 14.4 Å². The van der Waals surface area contributed by atoms with E-state index in [9.17, 15) is 9.18 Å². The van der Waals surface area contributed by atoms with Crippen LogP contribution in [0.3, 0.4) is 0 Å². The first-order valence-electron chi connectivity index (χ1n) is 12.4. The topological polar surface area (TPSA) is 79.4 Å². The number of thioether (sulfide) groups is 1. The third-order valence-electron chi connectivity index (χ3n) is 6.85. The summed E-state index contributed by atoms with van der Waals surface area (Å²) in [4.78, 5) is 24.0. The van der Waals surface area contributed by atoms with Crippen LogP contribution in [0.5, 0.6) is 5.75 Å². The van der Waals surface area contributed by atoms with Crippen LogP contribution in [-0.2, 0) is 4.79 Å². The van der Waals surface area contributed by atoms with Gasteiger partial charge in [-0.05, 0) is 37.1 Å². The van der Waals surface area contributed by atoms with Gasteiger partial charge in [0, 0.05) is 53.4 Å². The number of hydrogen-bond donors (Lipinski definition) is 2. The van der Waals surface area contributed by atoms with Crippen molar-refractivity contribution < 1.29 is 13.9 Å². The molecule has 1 amide bonds. The van der Waals surface area contributed by atoms with Crippen molar-refractivity contribution >= 4 is 57.4 Å². The van der Waals surface area contributed by atoms with E-state index >= 15 is 0 Å². The monoisotopic (exact) mass is 541 g/mol. The molecule has 2 aromatic carbocycles. The van der Waals surface area contributed by atoms with Crippen molar-refractivity contribution in [1.29, 1.82) is 0 Å². The SMILES string of the molecule is COc1cc2ncnc(Nc3ccc(F)c(Cl)c3)c2cc1NC(=O)/C=C/CN1CCSC2CCCCC21. The number of nitrogens with zero attached hydrogens (tertiary/aromatic N) is 3. The maximum atomic E-state index is 13.6. The number of ether oxygens (including phenoxy) is 1. The second-order valence-electron chi connectivity index (χ2n) is 9.19. The summed E-state index contributed by atoms with van der Waals surface area (Å²) in [6, 6.07) is 8.46. The Bertz CT molecular complexity index is 1320. The van der Waals surface area contributed by atoms with E-state index in [4.69, 9.17) is 16.3 Å². The predicted molar refractivity (Wildman–Crippen MR) is 149 cm³/mol. The molecule has 0 bridgehead atoms. The lowest BCUT2D eigenvalue weighted by Gasteiger charge is -2.43. The van der Waals surface area contributed by atoms with Crippen molar-refractivity contribution in [3.05, 3.63) is 59.7 Å². The molecular formula is C27H29ClFN5O2S. The van der Waals surface area contributed by atoms with Crippen LogP contribution >= 0.6 is 23.4 Å². The van der Waals surface area contributed by atoms with Crippen LogP contribution in [0.15, 0.2) is 48.8 Å². The molecule has 2 atom stereocenters. The lowest BCUT2D eigenvalue weighted by Crippen LogP contribution is -2.48. The van der Waals surface area contributed by atoms with E-state index in [-0.39, 0.29) is 10.9 Å². The summed E-state index contributed by atoms with van der Waals surface area (Å²) in [7, 11) is 1.54. The molecule has 194 valence electrons.